The van der Waals surface area contributed by atoms with Gasteiger partial charge in [-0.2, -0.15) is 0 Å². The van der Waals surface area contributed by atoms with Gasteiger partial charge in [0.25, 0.3) is 0 Å². The van der Waals surface area contributed by atoms with Gasteiger partial charge in [-0.05, 0) is 24.8 Å². The van der Waals surface area contributed by atoms with Gasteiger partial charge in [0.1, 0.15) is 5.60 Å². The van der Waals surface area contributed by atoms with Crippen LogP contribution in [-0.4, -0.2) is 55.9 Å². The fourth-order valence-electron chi connectivity index (χ4n) is 4.13. The van der Waals surface area contributed by atoms with Crippen LogP contribution in [0.3, 0.4) is 0 Å². The normalized spacial score (nSPS) is 24.4. The lowest BCUT2D eigenvalue weighted by molar-refractivity contribution is -0.156. The van der Waals surface area contributed by atoms with E-state index in [-0.39, 0.29) is 36.2 Å². The Morgan fingerprint density at radius 1 is 1.04 bits per heavy atom. The highest BCUT2D eigenvalue weighted by Gasteiger charge is 2.65. The molecule has 2 rings (SSSR count). The molecule has 0 saturated carbocycles. The lowest BCUT2D eigenvalue weighted by Crippen LogP contribution is -2.62. The largest absolute Gasteiger partial charge is 0.479 e. The van der Waals surface area contributed by atoms with Gasteiger partial charge in [0.2, 0.25) is 0 Å². The van der Waals surface area contributed by atoms with E-state index in [2.05, 4.69) is 4.98 Å². The third kappa shape index (κ3) is 2.13. The summed E-state index contributed by atoms with van der Waals surface area (Å²) in [5.41, 5.74) is -4.73. The van der Waals surface area contributed by atoms with Crippen molar-refractivity contribution in [3.63, 3.8) is 0 Å². The minimum Gasteiger partial charge on any atom is -0.479 e. The van der Waals surface area contributed by atoms with E-state index in [0.717, 1.165) is 0 Å². The molecule has 0 amide bonds. The number of aliphatic carboxylic acids is 1. The summed E-state index contributed by atoms with van der Waals surface area (Å²) in [5, 5.41) is 40.2. The summed E-state index contributed by atoms with van der Waals surface area (Å²) in [4.78, 5) is 40.8. The van der Waals surface area contributed by atoms with Crippen molar-refractivity contribution in [2.75, 3.05) is 11.9 Å². The Morgan fingerprint density at radius 3 is 1.96 bits per heavy atom. The van der Waals surface area contributed by atoms with E-state index in [1.807, 2.05) is 0 Å². The number of aromatic carboxylic acids is 2. The van der Waals surface area contributed by atoms with Crippen molar-refractivity contribution in [3.05, 3.63) is 22.5 Å². The van der Waals surface area contributed by atoms with E-state index in [1.165, 1.54) is 11.9 Å². The molecule has 0 fully saturated rings. The van der Waals surface area contributed by atoms with Gasteiger partial charge < -0.3 is 25.3 Å². The number of anilines is 1. The summed E-state index contributed by atoms with van der Waals surface area (Å²) < 4.78 is 0. The Labute approximate surface area is 149 Å². The number of carbonyl (C=O) groups is 3. The number of aliphatic hydroxyl groups is 1. The lowest BCUT2D eigenvalue weighted by atomic mass is 9.75. The number of hydrogen-bond acceptors (Lipinski definition) is 6. The summed E-state index contributed by atoms with van der Waals surface area (Å²) >= 11 is 0. The monoisotopic (exact) mass is 366 g/mol. The maximum Gasteiger partial charge on any atom is 0.355 e. The highest BCUT2D eigenvalue weighted by atomic mass is 16.4. The van der Waals surface area contributed by atoms with Gasteiger partial charge in [0, 0.05) is 7.05 Å². The predicted molar refractivity (Wildman–Crippen MR) is 90.8 cm³/mol. The molecular formula is C17H22N2O7. The predicted octanol–water partition coefficient (Wildman–Crippen LogP) is 1.32. The molecule has 1 aromatic heterocycles. The second kappa shape index (κ2) is 6.24. The van der Waals surface area contributed by atoms with E-state index in [0.29, 0.717) is 0 Å². The topological polar surface area (TPSA) is 148 Å². The first-order valence-corrected chi connectivity index (χ1v) is 8.28. The van der Waals surface area contributed by atoms with Gasteiger partial charge in [0.05, 0.1) is 16.9 Å². The van der Waals surface area contributed by atoms with E-state index in [4.69, 9.17) is 0 Å². The second-order valence-corrected chi connectivity index (χ2v) is 6.27. The average Bonchev–Trinajstić information content (AvgIpc) is 2.78. The summed E-state index contributed by atoms with van der Waals surface area (Å²) in [6.45, 7) is 4.81. The van der Waals surface area contributed by atoms with Crippen LogP contribution in [0.2, 0.25) is 0 Å². The molecular weight excluding hydrogens is 344 g/mol. The first-order valence-electron chi connectivity index (χ1n) is 8.28. The number of hydrogen-bond donors (Lipinski definition) is 4. The van der Waals surface area contributed by atoms with Crippen LogP contribution in [0.15, 0.2) is 0 Å². The molecule has 2 atom stereocenters. The second-order valence-electron chi connectivity index (χ2n) is 6.27. The Bertz CT molecular complexity index is 807. The molecule has 2 heterocycles. The van der Waals surface area contributed by atoms with E-state index in [9.17, 15) is 34.8 Å². The van der Waals surface area contributed by atoms with Crippen molar-refractivity contribution < 1.29 is 34.8 Å². The zero-order chi connectivity index (χ0) is 20.0. The number of rotatable bonds is 6. The van der Waals surface area contributed by atoms with Crippen LogP contribution in [0.25, 0.3) is 0 Å². The van der Waals surface area contributed by atoms with Gasteiger partial charge in [-0.15, -0.1) is 0 Å². The van der Waals surface area contributed by atoms with Crippen molar-refractivity contribution >= 4 is 23.6 Å². The number of likely N-dealkylation sites (N-methyl/N-ethyl adjacent to an activating group) is 1. The molecule has 0 saturated heterocycles. The SMILES string of the molecule is CCc1c(C(=O)O)c(C(=O)O)nc2c1N(C)C(CC)(C(=O)O)C2(O)CC. The van der Waals surface area contributed by atoms with Crippen molar-refractivity contribution in [1.29, 1.82) is 0 Å². The molecule has 1 aliphatic heterocycles. The fraction of sp³-hybridized carbons (Fsp3) is 0.529. The minimum atomic E-state index is -1.97. The molecule has 1 aliphatic rings. The van der Waals surface area contributed by atoms with Crippen LogP contribution in [0.4, 0.5) is 5.69 Å². The third-order valence-corrected chi connectivity index (χ3v) is 5.40. The first-order chi connectivity index (χ1) is 12.0. The molecule has 1 aromatic rings. The summed E-state index contributed by atoms with van der Waals surface area (Å²) in [6, 6.07) is 0. The van der Waals surface area contributed by atoms with E-state index in [1.54, 1.807) is 20.8 Å². The van der Waals surface area contributed by atoms with Crippen LogP contribution in [-0.2, 0) is 16.8 Å². The van der Waals surface area contributed by atoms with Crippen LogP contribution < -0.4 is 4.90 Å². The zero-order valence-corrected chi connectivity index (χ0v) is 15.0. The summed E-state index contributed by atoms with van der Waals surface area (Å²) in [6.07, 6.45) is 0.107. The maximum absolute atomic E-state index is 12.2. The van der Waals surface area contributed by atoms with Gasteiger partial charge >= 0.3 is 17.9 Å². The molecule has 0 aromatic carbocycles. The van der Waals surface area contributed by atoms with Gasteiger partial charge in [-0.25, -0.2) is 19.4 Å². The number of fused-ring (bicyclic) bond motifs is 1. The maximum atomic E-state index is 12.2. The molecule has 2 unspecified atom stereocenters. The third-order valence-electron chi connectivity index (χ3n) is 5.40. The molecule has 0 bridgehead atoms. The number of aromatic nitrogens is 1. The molecule has 4 N–H and O–H groups in total. The van der Waals surface area contributed by atoms with Gasteiger partial charge in [-0.1, -0.05) is 20.8 Å². The molecule has 0 spiro atoms. The average molecular weight is 366 g/mol. The summed E-state index contributed by atoms with van der Waals surface area (Å²) in [5.74, 6) is -4.31. The van der Waals surface area contributed by atoms with Crippen LogP contribution in [0.5, 0.6) is 0 Å². The molecule has 0 aliphatic carbocycles. The highest BCUT2D eigenvalue weighted by Crippen LogP contribution is 2.54. The standard InChI is InChI=1S/C17H22N2O7/c1-5-8-9(13(20)21)10(14(22)23)18-12-11(8)19(4)16(6-2,15(24)25)17(12,26)7-3/h26H,5-7H2,1-4H3,(H,20,21)(H,22,23)(H,24,25). The lowest BCUT2D eigenvalue weighted by Gasteiger charge is -2.41. The fourth-order valence-corrected chi connectivity index (χ4v) is 4.13. The smallest absolute Gasteiger partial charge is 0.355 e. The number of nitrogens with zero attached hydrogens (tertiary/aromatic N) is 2. The Balaban J connectivity index is 3.06. The quantitative estimate of drug-likeness (QED) is 0.585. The van der Waals surface area contributed by atoms with Gasteiger partial charge in [0.15, 0.2) is 11.2 Å². The van der Waals surface area contributed by atoms with Crippen LogP contribution in [0.1, 0.15) is 65.7 Å². The first kappa shape index (κ1) is 19.6. The summed E-state index contributed by atoms with van der Waals surface area (Å²) in [7, 11) is 1.46. The van der Waals surface area contributed by atoms with Crippen molar-refractivity contribution in [1.82, 2.24) is 4.98 Å². The van der Waals surface area contributed by atoms with Crippen molar-refractivity contribution in [3.8, 4) is 0 Å². The van der Waals surface area contributed by atoms with Crippen LogP contribution >= 0.6 is 0 Å². The van der Waals surface area contributed by atoms with E-state index >= 15 is 0 Å². The number of carboxylic acids is 3. The van der Waals surface area contributed by atoms with Gasteiger partial charge in [-0.3, -0.25) is 0 Å². The zero-order valence-electron chi connectivity index (χ0n) is 15.0. The molecule has 26 heavy (non-hydrogen) atoms. The minimum absolute atomic E-state index is 0.00744. The molecule has 9 nitrogen and oxygen atoms in total. The highest BCUT2D eigenvalue weighted by molar-refractivity contribution is 6.04. The Hall–Kier alpha value is -2.68. The number of pyridine rings is 1. The van der Waals surface area contributed by atoms with E-state index < -0.39 is 40.3 Å². The van der Waals surface area contributed by atoms with Crippen molar-refractivity contribution in [2.45, 2.75) is 51.2 Å². The Morgan fingerprint density at radius 2 is 1.62 bits per heavy atom. The molecule has 0 radical (unpaired) electrons. The molecule has 9 heteroatoms. The Kier molecular flexibility index (Phi) is 4.71. The van der Waals surface area contributed by atoms with Crippen LogP contribution in [0, 0.1) is 0 Å². The number of carboxylic acid groups (broad SMARTS) is 3. The molecule has 142 valence electrons. The van der Waals surface area contributed by atoms with Crippen molar-refractivity contribution in [2.24, 2.45) is 0 Å².